The Bertz CT molecular complexity index is 1470. The molecule has 4 rings (SSSR count). The summed E-state index contributed by atoms with van der Waals surface area (Å²) in [5.74, 6) is -1.79. The number of rotatable bonds is 10. The molecule has 2 N–H and O–H groups in total. The van der Waals surface area contributed by atoms with Crippen LogP contribution >= 0.6 is 0 Å². The number of piperidine rings is 1. The van der Waals surface area contributed by atoms with Gasteiger partial charge in [-0.1, -0.05) is 32.4 Å². The minimum absolute atomic E-state index is 0.0499. The summed E-state index contributed by atoms with van der Waals surface area (Å²) < 4.78 is 20.7. The third-order valence-electron chi connectivity index (χ3n) is 7.88. The minimum atomic E-state index is -1.30. The molecular formula is C31H40FN5O5. The van der Waals surface area contributed by atoms with Crippen LogP contribution in [0.5, 0.6) is 0 Å². The van der Waals surface area contributed by atoms with Crippen molar-refractivity contribution in [2.75, 3.05) is 24.5 Å². The van der Waals surface area contributed by atoms with Crippen LogP contribution in [0.1, 0.15) is 87.3 Å². The fourth-order valence-corrected chi connectivity index (χ4v) is 5.20. The molecule has 11 heteroatoms. The number of aryl methyl sites for hydroxylation is 1. The highest BCUT2D eigenvalue weighted by Crippen LogP contribution is 2.40. The molecule has 1 atom stereocenters. The molecule has 0 spiro atoms. The predicted molar refractivity (Wildman–Crippen MR) is 156 cm³/mol. The van der Waals surface area contributed by atoms with Gasteiger partial charge < -0.3 is 20.1 Å². The smallest absolute Gasteiger partial charge is 0.337 e. The van der Waals surface area contributed by atoms with E-state index < -0.39 is 23.6 Å². The first kappa shape index (κ1) is 31.1. The van der Waals surface area contributed by atoms with Gasteiger partial charge in [0, 0.05) is 31.3 Å². The summed E-state index contributed by atoms with van der Waals surface area (Å²) in [5, 5.41) is 17.4. The number of carboxylic acid groups (broad SMARTS) is 1. The molecule has 0 saturated carbocycles. The molecule has 1 unspecified atom stereocenters. The number of Topliss-reactive ketones (excluding diaryl/α,β-unsaturated/α-hetero) is 1. The van der Waals surface area contributed by atoms with Crippen LogP contribution in [0.15, 0.2) is 30.3 Å². The van der Waals surface area contributed by atoms with Crippen LogP contribution in [0.3, 0.4) is 0 Å². The molecule has 1 amide bonds. The Morgan fingerprint density at radius 1 is 1.17 bits per heavy atom. The van der Waals surface area contributed by atoms with E-state index in [-0.39, 0.29) is 35.7 Å². The molecule has 42 heavy (non-hydrogen) atoms. The molecule has 2 aromatic heterocycles. The number of hydrogen-bond acceptors (Lipinski definition) is 7. The molecule has 1 saturated heterocycles. The van der Waals surface area contributed by atoms with E-state index in [4.69, 9.17) is 4.74 Å². The number of carbonyl (C=O) groups excluding carboxylic acids is 2. The van der Waals surface area contributed by atoms with E-state index in [0.29, 0.717) is 41.4 Å². The van der Waals surface area contributed by atoms with E-state index in [1.54, 1.807) is 27.7 Å². The van der Waals surface area contributed by atoms with Gasteiger partial charge in [0.15, 0.2) is 23.2 Å². The lowest BCUT2D eigenvalue weighted by Crippen LogP contribution is -2.41. The largest absolute Gasteiger partial charge is 0.479 e. The Morgan fingerprint density at radius 2 is 1.81 bits per heavy atom. The number of ketones is 1. The highest BCUT2D eigenvalue weighted by Gasteiger charge is 2.37. The molecule has 1 aliphatic heterocycles. The number of halogens is 1. The highest BCUT2D eigenvalue weighted by atomic mass is 19.1. The van der Waals surface area contributed by atoms with Crippen molar-refractivity contribution in [3.05, 3.63) is 58.7 Å². The van der Waals surface area contributed by atoms with Gasteiger partial charge in [-0.2, -0.15) is 9.61 Å². The summed E-state index contributed by atoms with van der Waals surface area (Å²) in [6.07, 6.45) is 1.61. The second kappa shape index (κ2) is 12.2. The van der Waals surface area contributed by atoms with Crippen LogP contribution in [-0.4, -0.2) is 62.6 Å². The molecule has 3 aromatic rings. The summed E-state index contributed by atoms with van der Waals surface area (Å²) in [4.78, 5) is 44.8. The van der Waals surface area contributed by atoms with Crippen molar-refractivity contribution in [3.8, 4) is 0 Å². The molecule has 0 aliphatic carbocycles. The van der Waals surface area contributed by atoms with Gasteiger partial charge in [-0.15, -0.1) is 0 Å². The number of anilines is 1. The van der Waals surface area contributed by atoms with Crippen molar-refractivity contribution < 1.29 is 28.6 Å². The van der Waals surface area contributed by atoms with Gasteiger partial charge in [-0.25, -0.2) is 14.2 Å². The Hall–Kier alpha value is -3.86. The van der Waals surface area contributed by atoms with E-state index in [0.717, 1.165) is 19.3 Å². The van der Waals surface area contributed by atoms with Crippen LogP contribution in [0.4, 0.5) is 10.2 Å². The quantitative estimate of drug-likeness (QED) is 0.354. The summed E-state index contributed by atoms with van der Waals surface area (Å²) in [5.41, 5.74) is 1.38. The van der Waals surface area contributed by atoms with Crippen molar-refractivity contribution in [2.45, 2.75) is 78.9 Å². The van der Waals surface area contributed by atoms with E-state index in [1.165, 1.54) is 34.8 Å². The second-order valence-electron chi connectivity index (χ2n) is 12.4. The van der Waals surface area contributed by atoms with Crippen molar-refractivity contribution in [3.63, 3.8) is 0 Å². The predicted octanol–water partition coefficient (Wildman–Crippen LogP) is 4.68. The Labute approximate surface area is 245 Å². The van der Waals surface area contributed by atoms with Crippen molar-refractivity contribution in [1.82, 2.24) is 19.9 Å². The zero-order valence-electron chi connectivity index (χ0n) is 25.2. The topological polar surface area (TPSA) is 126 Å². The minimum Gasteiger partial charge on any atom is -0.479 e. The van der Waals surface area contributed by atoms with Crippen LogP contribution in [-0.2, 0) is 20.7 Å². The van der Waals surface area contributed by atoms with Gasteiger partial charge in [0.2, 0.25) is 0 Å². The molecule has 1 fully saturated rings. The number of benzene rings is 1. The summed E-state index contributed by atoms with van der Waals surface area (Å²) in [6, 6.07) is 7.15. The van der Waals surface area contributed by atoms with Gasteiger partial charge >= 0.3 is 5.97 Å². The monoisotopic (exact) mass is 581 g/mol. The number of carboxylic acids is 1. The Kier molecular flexibility index (Phi) is 9.01. The van der Waals surface area contributed by atoms with Crippen molar-refractivity contribution in [2.24, 2.45) is 5.41 Å². The lowest BCUT2D eigenvalue weighted by Gasteiger charge is -2.41. The third-order valence-corrected chi connectivity index (χ3v) is 7.88. The van der Waals surface area contributed by atoms with Crippen LogP contribution in [0.25, 0.3) is 5.65 Å². The van der Waals surface area contributed by atoms with Gasteiger partial charge in [0.05, 0.1) is 17.7 Å². The average Bonchev–Trinajstić information content (AvgIpc) is 3.35. The maximum atomic E-state index is 13.2. The number of nitrogens with zero attached hydrogens (tertiary/aromatic N) is 4. The number of amides is 1. The van der Waals surface area contributed by atoms with Gasteiger partial charge in [0.25, 0.3) is 5.91 Å². The van der Waals surface area contributed by atoms with Crippen LogP contribution in [0.2, 0.25) is 0 Å². The van der Waals surface area contributed by atoms with Gasteiger partial charge in [-0.05, 0) is 63.6 Å². The van der Waals surface area contributed by atoms with Crippen molar-refractivity contribution >= 4 is 29.1 Å². The zero-order valence-corrected chi connectivity index (χ0v) is 25.2. The number of hydrogen-bond donors (Lipinski definition) is 2. The molecule has 0 radical (unpaired) electrons. The summed E-state index contributed by atoms with van der Waals surface area (Å²) >= 11 is 0. The first-order valence-corrected chi connectivity index (χ1v) is 14.3. The number of carbonyl (C=O) groups is 3. The molecule has 10 nitrogen and oxygen atoms in total. The van der Waals surface area contributed by atoms with Gasteiger partial charge in [0.1, 0.15) is 11.6 Å². The van der Waals surface area contributed by atoms with Gasteiger partial charge in [-0.3, -0.25) is 9.59 Å². The van der Waals surface area contributed by atoms with E-state index in [9.17, 15) is 23.9 Å². The molecule has 1 aromatic carbocycles. The first-order valence-electron chi connectivity index (χ1n) is 14.3. The number of fused-ring (bicyclic) bond motifs is 1. The number of aliphatic carboxylic acids is 1. The first-order chi connectivity index (χ1) is 19.7. The number of ether oxygens (including phenoxy) is 1. The molecule has 3 heterocycles. The lowest BCUT2D eigenvalue weighted by molar-refractivity contribution is -0.160. The summed E-state index contributed by atoms with van der Waals surface area (Å²) in [6.45, 7) is 12.7. The maximum absolute atomic E-state index is 13.2. The lowest BCUT2D eigenvalue weighted by atomic mass is 9.78. The zero-order chi connectivity index (χ0) is 30.8. The molecule has 0 bridgehead atoms. The Balaban J connectivity index is 1.68. The maximum Gasteiger partial charge on any atom is 0.337 e. The molecular weight excluding hydrogens is 541 g/mol. The van der Waals surface area contributed by atoms with E-state index in [2.05, 4.69) is 34.1 Å². The normalized spacial score (nSPS) is 15.9. The van der Waals surface area contributed by atoms with E-state index >= 15 is 0 Å². The van der Waals surface area contributed by atoms with Crippen molar-refractivity contribution in [1.29, 1.82) is 0 Å². The number of aromatic nitrogens is 3. The Morgan fingerprint density at radius 3 is 2.38 bits per heavy atom. The SMILES string of the molecule is CCC1(C)CCN(c2c(C(OC(C)(C)C)C(=O)O)c(C)nc3cc(C(=O)NCC(=O)Cc4ccc(F)cc4)nn23)CC1. The van der Waals surface area contributed by atoms with Crippen LogP contribution < -0.4 is 10.2 Å². The fraction of sp³-hybridized carbons (Fsp3) is 0.516. The molecule has 226 valence electrons. The second-order valence-corrected chi connectivity index (χ2v) is 12.4. The third kappa shape index (κ3) is 7.13. The fourth-order valence-electron chi connectivity index (χ4n) is 5.20. The van der Waals surface area contributed by atoms with Crippen LogP contribution in [0, 0.1) is 18.2 Å². The summed E-state index contributed by atoms with van der Waals surface area (Å²) in [7, 11) is 0. The van der Waals surface area contributed by atoms with E-state index in [1.807, 2.05) is 0 Å². The average molecular weight is 582 g/mol. The number of nitrogens with one attached hydrogen (secondary N) is 1. The highest BCUT2D eigenvalue weighted by molar-refractivity contribution is 5.96. The molecule has 1 aliphatic rings. The standard InChI is InChI=1S/C31H40FN5O5/c1-7-31(6)12-14-36(15-13-31)28-25(26(29(40)41)42-30(3,4)5)19(2)34-24-17-23(35-37(24)28)27(39)33-18-22(38)16-20-8-10-21(32)11-9-20/h8-11,17,26H,7,12-16,18H2,1-6H3,(H,33,39)(H,40,41).